The zero-order chi connectivity index (χ0) is 50.7. The fourth-order valence-corrected chi connectivity index (χ4v) is 10.4. The van der Waals surface area contributed by atoms with Crippen LogP contribution in [0.5, 0.6) is 0 Å². The summed E-state index contributed by atoms with van der Waals surface area (Å²) in [5.41, 5.74) is 18.5. The molecule has 0 fully saturated rings. The maximum atomic E-state index is 2.36. The summed E-state index contributed by atoms with van der Waals surface area (Å²) in [4.78, 5) is 7.06. The molecule has 0 heterocycles. The number of hydrogen-bond donors (Lipinski definition) is 0. The van der Waals surface area contributed by atoms with E-state index in [2.05, 4.69) is 327 Å². The summed E-state index contributed by atoms with van der Waals surface area (Å²) in [7, 11) is 0. The Labute approximate surface area is 441 Å². The second-order valence-electron chi connectivity index (χ2n) is 20.2. The number of anilines is 9. The van der Waals surface area contributed by atoms with Gasteiger partial charge >= 0.3 is 0 Å². The number of fused-ring (bicyclic) bond motifs is 2. The van der Waals surface area contributed by atoms with Gasteiger partial charge in [0.2, 0.25) is 0 Å². The maximum absolute atomic E-state index is 2.36. The van der Waals surface area contributed by atoms with E-state index in [-0.39, 0.29) is 5.41 Å². The third-order valence-corrected chi connectivity index (χ3v) is 14.4. The fourth-order valence-electron chi connectivity index (χ4n) is 10.4. The molecule has 3 heteroatoms. The van der Waals surface area contributed by atoms with E-state index in [1.807, 2.05) is 0 Å². The Morgan fingerprint density at radius 2 is 0.467 bits per heavy atom. The molecule has 12 rings (SSSR count). The molecule has 0 aliphatic heterocycles. The lowest BCUT2D eigenvalue weighted by Gasteiger charge is -2.27. The highest BCUT2D eigenvalue weighted by molar-refractivity contribution is 6.00. The summed E-state index contributed by atoms with van der Waals surface area (Å²) < 4.78 is 0. The SMILES string of the molecule is CC(C)(C)c1ccc(N(c2ccc(-c3ccc(-c4ccc(N(c5ccccc5)c5cccc6ccccc56)cc4)cc3)cc2)c2ccc(-c3ccc(N(c4ccccc4)c4cccc5ccccc45)cc3)cc2)cc1. The monoisotopic (exact) mass is 963 g/mol. The van der Waals surface area contributed by atoms with Gasteiger partial charge in [-0.25, -0.2) is 0 Å². The van der Waals surface area contributed by atoms with Crippen LogP contribution >= 0.6 is 0 Å². The molecule has 12 aromatic carbocycles. The van der Waals surface area contributed by atoms with Crippen LogP contribution in [0.25, 0.3) is 54.9 Å². The van der Waals surface area contributed by atoms with Gasteiger partial charge in [-0.15, -0.1) is 0 Å². The fraction of sp³-hybridized carbons (Fsp3) is 0.0556. The Bertz CT molecular complexity index is 3850. The van der Waals surface area contributed by atoms with E-state index < -0.39 is 0 Å². The first-order valence-corrected chi connectivity index (χ1v) is 25.9. The number of benzene rings is 12. The van der Waals surface area contributed by atoms with Crippen LogP contribution in [0, 0.1) is 0 Å². The normalized spacial score (nSPS) is 11.4. The summed E-state index contributed by atoms with van der Waals surface area (Å²) in [6.45, 7) is 6.80. The van der Waals surface area contributed by atoms with Gasteiger partial charge in [-0.3, -0.25) is 0 Å². The van der Waals surface area contributed by atoms with Crippen molar-refractivity contribution >= 4 is 72.7 Å². The van der Waals surface area contributed by atoms with Gasteiger partial charge in [0.15, 0.2) is 0 Å². The number of para-hydroxylation sites is 2. The van der Waals surface area contributed by atoms with Gasteiger partial charge < -0.3 is 14.7 Å². The van der Waals surface area contributed by atoms with Crippen LogP contribution in [0.2, 0.25) is 0 Å². The van der Waals surface area contributed by atoms with Crippen molar-refractivity contribution in [3.8, 4) is 33.4 Å². The molecule has 0 amide bonds. The predicted octanol–water partition coefficient (Wildman–Crippen LogP) is 20.7. The second kappa shape index (κ2) is 20.2. The number of rotatable bonds is 12. The summed E-state index contributed by atoms with van der Waals surface area (Å²) in [6.07, 6.45) is 0. The minimum absolute atomic E-state index is 0.0515. The maximum Gasteiger partial charge on any atom is 0.0540 e. The van der Waals surface area contributed by atoms with E-state index in [0.717, 1.165) is 62.3 Å². The van der Waals surface area contributed by atoms with E-state index in [9.17, 15) is 0 Å². The molecular weight excluding hydrogens is 907 g/mol. The van der Waals surface area contributed by atoms with E-state index in [0.29, 0.717) is 0 Å². The van der Waals surface area contributed by atoms with Gasteiger partial charge in [0.1, 0.15) is 0 Å². The highest BCUT2D eigenvalue weighted by Gasteiger charge is 2.20. The molecule has 0 atom stereocenters. The van der Waals surface area contributed by atoms with Crippen molar-refractivity contribution < 1.29 is 0 Å². The summed E-state index contributed by atoms with van der Waals surface area (Å²) in [5.74, 6) is 0. The standard InChI is InChI=1S/C72H57N3/c1-72(2,3)60-40-50-65(51-41-60)73(64-44-34-56(35-45-64)57-38-48-67(49-39-57)75(62-22-8-5-9-23-62)71-27-15-19-59-17-11-13-25-69(59)71)63-42-32-54(33-43-63)52-28-30-53(31-29-52)55-36-46-66(47-37-55)74(61-20-6-4-7-21-61)70-26-14-18-58-16-10-12-24-68(58)70/h4-51H,1-3H3. The third kappa shape index (κ3) is 9.56. The topological polar surface area (TPSA) is 9.72 Å². The van der Waals surface area contributed by atoms with Gasteiger partial charge in [0.25, 0.3) is 0 Å². The molecule has 0 aliphatic carbocycles. The molecule has 0 spiro atoms. The van der Waals surface area contributed by atoms with E-state index in [4.69, 9.17) is 0 Å². The van der Waals surface area contributed by atoms with Crippen LogP contribution in [0.4, 0.5) is 51.2 Å². The quantitative estimate of drug-likeness (QED) is 0.121. The zero-order valence-corrected chi connectivity index (χ0v) is 42.6. The molecule has 0 saturated carbocycles. The third-order valence-electron chi connectivity index (χ3n) is 14.4. The highest BCUT2D eigenvalue weighted by atomic mass is 15.2. The van der Waals surface area contributed by atoms with Crippen LogP contribution in [0.15, 0.2) is 291 Å². The molecule has 75 heavy (non-hydrogen) atoms. The Kier molecular flexibility index (Phi) is 12.6. The van der Waals surface area contributed by atoms with Gasteiger partial charge in [-0.05, 0) is 152 Å². The average Bonchev–Trinajstić information content (AvgIpc) is 3.47. The highest BCUT2D eigenvalue weighted by Crippen LogP contribution is 2.43. The van der Waals surface area contributed by atoms with Gasteiger partial charge in [0.05, 0.1) is 11.4 Å². The van der Waals surface area contributed by atoms with Crippen LogP contribution in [-0.2, 0) is 5.41 Å². The molecule has 360 valence electrons. The van der Waals surface area contributed by atoms with Crippen LogP contribution in [-0.4, -0.2) is 0 Å². The first kappa shape index (κ1) is 46.6. The Hall–Kier alpha value is -9.44. The first-order chi connectivity index (χ1) is 36.8. The smallest absolute Gasteiger partial charge is 0.0540 e. The molecule has 0 saturated heterocycles. The average molecular weight is 964 g/mol. The Morgan fingerprint density at radius 3 is 0.800 bits per heavy atom. The first-order valence-electron chi connectivity index (χ1n) is 25.9. The zero-order valence-electron chi connectivity index (χ0n) is 42.6. The van der Waals surface area contributed by atoms with Crippen molar-refractivity contribution in [1.29, 1.82) is 0 Å². The molecular formula is C72H57N3. The predicted molar refractivity (Wildman–Crippen MR) is 321 cm³/mol. The van der Waals surface area contributed by atoms with Crippen molar-refractivity contribution in [2.75, 3.05) is 14.7 Å². The second-order valence-corrected chi connectivity index (χ2v) is 20.2. The summed E-state index contributed by atoms with van der Waals surface area (Å²) in [5, 5.41) is 4.87. The lowest BCUT2D eigenvalue weighted by atomic mass is 9.87. The number of nitrogens with zero attached hydrogens (tertiary/aromatic N) is 3. The molecule has 0 N–H and O–H groups in total. The van der Waals surface area contributed by atoms with Crippen molar-refractivity contribution in [2.24, 2.45) is 0 Å². The molecule has 0 unspecified atom stereocenters. The molecule has 12 aromatic rings. The van der Waals surface area contributed by atoms with Crippen molar-refractivity contribution in [1.82, 2.24) is 0 Å². The van der Waals surface area contributed by atoms with Gasteiger partial charge in [0, 0.05) is 50.6 Å². The van der Waals surface area contributed by atoms with Crippen molar-refractivity contribution in [3.63, 3.8) is 0 Å². The van der Waals surface area contributed by atoms with Gasteiger partial charge in [-0.1, -0.05) is 215 Å². The van der Waals surface area contributed by atoms with E-state index in [1.54, 1.807) is 0 Å². The Balaban J connectivity index is 0.806. The summed E-state index contributed by atoms with van der Waals surface area (Å²) in [6, 6.07) is 105. The van der Waals surface area contributed by atoms with Crippen molar-refractivity contribution in [3.05, 3.63) is 297 Å². The summed E-state index contributed by atoms with van der Waals surface area (Å²) >= 11 is 0. The minimum atomic E-state index is 0.0515. The molecule has 0 aromatic heterocycles. The van der Waals surface area contributed by atoms with E-state index >= 15 is 0 Å². The van der Waals surface area contributed by atoms with Crippen LogP contribution < -0.4 is 14.7 Å². The van der Waals surface area contributed by atoms with Crippen LogP contribution in [0.1, 0.15) is 26.3 Å². The molecule has 0 aliphatic rings. The molecule has 3 nitrogen and oxygen atoms in total. The largest absolute Gasteiger partial charge is 0.311 e. The Morgan fingerprint density at radius 1 is 0.213 bits per heavy atom. The minimum Gasteiger partial charge on any atom is -0.311 e. The van der Waals surface area contributed by atoms with E-state index in [1.165, 1.54) is 49.4 Å². The molecule has 0 radical (unpaired) electrons. The van der Waals surface area contributed by atoms with Gasteiger partial charge in [-0.2, -0.15) is 0 Å². The lowest BCUT2D eigenvalue weighted by molar-refractivity contribution is 0.590. The van der Waals surface area contributed by atoms with Crippen molar-refractivity contribution in [2.45, 2.75) is 26.2 Å². The lowest BCUT2D eigenvalue weighted by Crippen LogP contribution is -2.13. The molecule has 0 bridgehead atoms. The number of hydrogen-bond acceptors (Lipinski definition) is 3. The van der Waals surface area contributed by atoms with Crippen LogP contribution in [0.3, 0.4) is 0 Å².